The number of aryl methyl sites for hydroxylation is 1. The average Bonchev–Trinajstić information content (AvgIpc) is 2.56. The maximum absolute atomic E-state index is 12.5. The van der Waals surface area contributed by atoms with Crippen LogP contribution in [0.2, 0.25) is 0 Å². The fourth-order valence-electron chi connectivity index (χ4n) is 3.00. The maximum atomic E-state index is 12.5. The Hall–Kier alpha value is -3.00. The summed E-state index contributed by atoms with van der Waals surface area (Å²) in [5.74, 6) is -2.35. The number of rotatable bonds is 2. The molecule has 0 aliphatic carbocycles. The molecule has 1 aromatic carbocycles. The first-order valence-electron chi connectivity index (χ1n) is 7.38. The second-order valence-corrected chi connectivity index (χ2v) is 5.66. The lowest BCUT2D eigenvalue weighted by Crippen LogP contribution is -2.59. The third kappa shape index (κ3) is 2.71. The van der Waals surface area contributed by atoms with Crippen molar-refractivity contribution in [2.45, 2.75) is 18.9 Å². The largest absolute Gasteiger partial charge is 0.296 e. The van der Waals surface area contributed by atoms with E-state index in [1.54, 1.807) is 17.0 Å². The van der Waals surface area contributed by atoms with Crippen LogP contribution in [-0.4, -0.2) is 11.8 Å². The molecule has 0 bridgehead atoms. The lowest BCUT2D eigenvalue weighted by Gasteiger charge is -2.30. The molecule has 2 amide bonds. The Kier molecular flexibility index (Phi) is 3.90. The number of amides is 2. The zero-order chi connectivity index (χ0) is 16.4. The van der Waals surface area contributed by atoms with Crippen molar-refractivity contribution in [3.8, 4) is 6.07 Å². The van der Waals surface area contributed by atoms with E-state index in [-0.39, 0.29) is 5.91 Å². The van der Waals surface area contributed by atoms with Gasteiger partial charge >= 0.3 is 0 Å². The molecule has 0 spiro atoms. The molecule has 2 heterocycles. The second-order valence-electron chi connectivity index (χ2n) is 5.66. The molecule has 3 rings (SSSR count). The zero-order valence-electron chi connectivity index (χ0n) is 12.6. The molecule has 0 saturated carbocycles. The van der Waals surface area contributed by atoms with E-state index in [2.05, 4.69) is 11.4 Å². The topological polar surface area (TPSA) is 73.8 Å². The van der Waals surface area contributed by atoms with Gasteiger partial charge in [-0.1, -0.05) is 35.9 Å². The number of piperidine rings is 1. The minimum absolute atomic E-state index is 0.386. The van der Waals surface area contributed by atoms with Crippen LogP contribution in [0.15, 0.2) is 54.9 Å². The molecular formula is C18H16N3O2+. The van der Waals surface area contributed by atoms with Crippen molar-refractivity contribution in [2.75, 3.05) is 0 Å². The van der Waals surface area contributed by atoms with E-state index in [4.69, 9.17) is 0 Å². The van der Waals surface area contributed by atoms with Gasteiger partial charge in [-0.25, -0.2) is 0 Å². The van der Waals surface area contributed by atoms with Crippen LogP contribution in [0.5, 0.6) is 0 Å². The zero-order valence-corrected chi connectivity index (χ0v) is 12.6. The number of aromatic nitrogens is 1. The Bertz CT molecular complexity index is 778. The summed E-state index contributed by atoms with van der Waals surface area (Å²) in [7, 11) is 0. The monoisotopic (exact) mass is 306 g/mol. The standard InChI is InChI=1S/C18H15N3O2/c1-12-5-7-13(8-6-12)15-14(11-19)17(22)20-18(23)16(15)21-9-3-2-4-10-21/h2-10,14-16H,1H3/p+1/t14-,15+,16-/m1/s1. The summed E-state index contributed by atoms with van der Waals surface area (Å²) in [6.07, 6.45) is 3.55. The lowest BCUT2D eigenvalue weighted by molar-refractivity contribution is -0.713. The molecular weight excluding hydrogens is 290 g/mol. The molecule has 23 heavy (non-hydrogen) atoms. The van der Waals surface area contributed by atoms with Gasteiger partial charge in [0.15, 0.2) is 12.4 Å². The highest BCUT2D eigenvalue weighted by Gasteiger charge is 2.50. The molecule has 0 radical (unpaired) electrons. The first-order valence-corrected chi connectivity index (χ1v) is 7.38. The number of imide groups is 1. The average molecular weight is 306 g/mol. The third-order valence-corrected chi connectivity index (χ3v) is 4.16. The van der Waals surface area contributed by atoms with Crippen molar-refractivity contribution in [1.29, 1.82) is 5.26 Å². The number of carbonyl (C=O) groups is 2. The van der Waals surface area contributed by atoms with Gasteiger partial charge in [0.2, 0.25) is 11.9 Å². The minimum atomic E-state index is -0.909. The van der Waals surface area contributed by atoms with Gasteiger partial charge in [-0.3, -0.25) is 14.9 Å². The van der Waals surface area contributed by atoms with Gasteiger partial charge in [-0.15, -0.1) is 0 Å². The maximum Gasteiger partial charge on any atom is 0.296 e. The van der Waals surface area contributed by atoms with Crippen LogP contribution in [0.1, 0.15) is 23.1 Å². The molecule has 5 nitrogen and oxygen atoms in total. The number of carbonyl (C=O) groups excluding carboxylic acids is 2. The van der Waals surface area contributed by atoms with Crippen molar-refractivity contribution in [3.63, 3.8) is 0 Å². The summed E-state index contributed by atoms with van der Waals surface area (Å²) in [5.41, 5.74) is 1.89. The molecule has 1 aliphatic heterocycles. The molecule has 1 aliphatic rings. The molecule has 0 unspecified atom stereocenters. The third-order valence-electron chi connectivity index (χ3n) is 4.16. The number of nitrogens with zero attached hydrogens (tertiary/aromatic N) is 2. The molecule has 3 atom stereocenters. The van der Waals surface area contributed by atoms with Crippen LogP contribution < -0.4 is 9.88 Å². The van der Waals surface area contributed by atoms with Gasteiger partial charge in [-0.05, 0) is 12.5 Å². The quantitative estimate of drug-likeness (QED) is 0.673. The predicted molar refractivity (Wildman–Crippen MR) is 81.8 cm³/mol. The highest BCUT2D eigenvalue weighted by atomic mass is 16.2. The molecule has 114 valence electrons. The van der Waals surface area contributed by atoms with Crippen LogP contribution in [0.4, 0.5) is 0 Å². The number of benzene rings is 1. The van der Waals surface area contributed by atoms with Crippen LogP contribution in [0.3, 0.4) is 0 Å². The molecule has 2 aromatic rings. The second kappa shape index (κ2) is 6.01. The van der Waals surface area contributed by atoms with E-state index in [1.807, 2.05) is 49.4 Å². The first-order chi connectivity index (χ1) is 11.1. The van der Waals surface area contributed by atoms with E-state index in [0.29, 0.717) is 0 Å². The SMILES string of the molecule is Cc1ccc([C@H]2[C@@H](C#N)C(=O)NC(=O)[C@@H]2[n+]2ccccc2)cc1. The van der Waals surface area contributed by atoms with Gasteiger partial charge in [0, 0.05) is 12.1 Å². The van der Waals surface area contributed by atoms with Crippen molar-refractivity contribution in [2.24, 2.45) is 5.92 Å². The molecule has 5 heteroatoms. The van der Waals surface area contributed by atoms with Crippen LogP contribution in [0, 0.1) is 24.2 Å². The van der Waals surface area contributed by atoms with Crippen molar-refractivity contribution in [1.82, 2.24) is 5.32 Å². The summed E-state index contributed by atoms with van der Waals surface area (Å²) >= 11 is 0. The minimum Gasteiger partial charge on any atom is -0.289 e. The fraction of sp³-hybridized carbons (Fsp3) is 0.222. The number of hydrogen-bond acceptors (Lipinski definition) is 3. The smallest absolute Gasteiger partial charge is 0.289 e. The number of hydrogen-bond donors (Lipinski definition) is 1. The molecule has 1 fully saturated rings. The van der Waals surface area contributed by atoms with E-state index in [9.17, 15) is 14.9 Å². The Balaban J connectivity index is 2.13. The van der Waals surface area contributed by atoms with E-state index < -0.39 is 23.8 Å². The Morgan fingerprint density at radius 2 is 1.70 bits per heavy atom. The Morgan fingerprint density at radius 1 is 1.04 bits per heavy atom. The number of nitrogens with one attached hydrogen (secondary N) is 1. The Morgan fingerprint density at radius 3 is 2.30 bits per heavy atom. The fourth-order valence-corrected chi connectivity index (χ4v) is 3.00. The highest BCUT2D eigenvalue weighted by Crippen LogP contribution is 2.36. The van der Waals surface area contributed by atoms with Crippen molar-refractivity contribution < 1.29 is 14.2 Å². The summed E-state index contributed by atoms with van der Waals surface area (Å²) in [6, 6.07) is 14.5. The van der Waals surface area contributed by atoms with E-state index >= 15 is 0 Å². The van der Waals surface area contributed by atoms with E-state index in [1.165, 1.54) is 0 Å². The van der Waals surface area contributed by atoms with Crippen LogP contribution in [0.25, 0.3) is 0 Å². The highest BCUT2D eigenvalue weighted by molar-refractivity contribution is 6.02. The molecule has 1 aromatic heterocycles. The van der Waals surface area contributed by atoms with Crippen molar-refractivity contribution in [3.05, 3.63) is 66.0 Å². The van der Waals surface area contributed by atoms with Crippen molar-refractivity contribution >= 4 is 11.8 Å². The summed E-state index contributed by atoms with van der Waals surface area (Å²) in [6.45, 7) is 1.97. The van der Waals surface area contributed by atoms with E-state index in [0.717, 1.165) is 11.1 Å². The Labute approximate surface area is 134 Å². The number of pyridine rings is 1. The number of nitriles is 1. The normalized spacial score (nSPS) is 23.9. The van der Waals surface area contributed by atoms with Gasteiger partial charge in [0.05, 0.1) is 12.0 Å². The first kappa shape index (κ1) is 14.9. The molecule has 1 saturated heterocycles. The predicted octanol–water partition coefficient (Wildman–Crippen LogP) is 1.40. The summed E-state index contributed by atoms with van der Waals surface area (Å²) in [4.78, 5) is 24.6. The summed E-state index contributed by atoms with van der Waals surface area (Å²) < 4.78 is 1.75. The van der Waals surface area contributed by atoms with Gasteiger partial charge in [-0.2, -0.15) is 9.83 Å². The summed E-state index contributed by atoms with van der Waals surface area (Å²) in [5, 5.41) is 11.8. The van der Waals surface area contributed by atoms with Gasteiger partial charge in [0.25, 0.3) is 5.91 Å². The van der Waals surface area contributed by atoms with Gasteiger partial charge in [0.1, 0.15) is 5.92 Å². The molecule has 1 N–H and O–H groups in total. The van der Waals surface area contributed by atoms with Crippen LogP contribution >= 0.6 is 0 Å². The lowest BCUT2D eigenvalue weighted by atomic mass is 9.77. The van der Waals surface area contributed by atoms with Gasteiger partial charge < -0.3 is 0 Å². The van der Waals surface area contributed by atoms with Crippen LogP contribution in [-0.2, 0) is 9.59 Å².